The van der Waals surface area contributed by atoms with Gasteiger partial charge in [0.25, 0.3) is 0 Å². The number of amides is 1. The highest BCUT2D eigenvalue weighted by atomic mass is 16.1. The Kier molecular flexibility index (Phi) is 4.61. The second-order valence-electron chi connectivity index (χ2n) is 1.80. The van der Waals surface area contributed by atoms with Crippen molar-refractivity contribution in [2.45, 2.75) is 13.3 Å². The maximum Gasteiger partial charge on any atom is 0.207 e. The predicted octanol–water partition coefficient (Wildman–Crippen LogP) is 0.392. The Labute approximate surface area is 55.6 Å². The lowest BCUT2D eigenvalue weighted by atomic mass is 10.1. The molecule has 50 valence electrons. The molecule has 1 atom stereocenters. The molecule has 0 bridgehead atoms. The summed E-state index contributed by atoms with van der Waals surface area (Å²) in [5.74, 6) is 2.76. The van der Waals surface area contributed by atoms with Crippen molar-refractivity contribution in [1.29, 1.82) is 0 Å². The normalized spacial score (nSPS) is 11.6. The zero-order chi connectivity index (χ0) is 7.11. The quantitative estimate of drug-likeness (QED) is 0.427. The van der Waals surface area contributed by atoms with Gasteiger partial charge in [0.2, 0.25) is 6.41 Å². The number of rotatable bonds is 4. The van der Waals surface area contributed by atoms with Gasteiger partial charge in [-0.1, -0.05) is 6.92 Å². The molecule has 1 unspecified atom stereocenters. The van der Waals surface area contributed by atoms with Crippen LogP contribution in [0.3, 0.4) is 0 Å². The van der Waals surface area contributed by atoms with E-state index in [-0.39, 0.29) is 5.92 Å². The Morgan fingerprint density at radius 3 is 2.89 bits per heavy atom. The molecule has 0 aliphatic carbocycles. The molecule has 1 N–H and O–H groups in total. The van der Waals surface area contributed by atoms with Gasteiger partial charge in [0.15, 0.2) is 0 Å². The van der Waals surface area contributed by atoms with Gasteiger partial charge < -0.3 is 5.32 Å². The van der Waals surface area contributed by atoms with Crippen molar-refractivity contribution in [3.63, 3.8) is 0 Å². The van der Waals surface area contributed by atoms with Crippen LogP contribution in [0.25, 0.3) is 0 Å². The number of carbonyl (C=O) groups excluding carboxylic acids is 1. The monoisotopic (exact) mass is 125 g/mol. The van der Waals surface area contributed by atoms with Crippen molar-refractivity contribution in [3.05, 3.63) is 0 Å². The summed E-state index contributed by atoms with van der Waals surface area (Å²) in [5, 5.41) is 2.53. The fourth-order valence-electron chi connectivity index (χ4n) is 0.511. The Morgan fingerprint density at radius 2 is 2.56 bits per heavy atom. The lowest BCUT2D eigenvalue weighted by molar-refractivity contribution is -0.109. The standard InChI is InChI=1S/C7H11NO/c1-3-7(4-2)5-8-6-9/h1,6-7H,4-5H2,2H3,(H,8,9). The number of hydrogen-bond donors (Lipinski definition) is 1. The third-order valence-electron chi connectivity index (χ3n) is 1.18. The van der Waals surface area contributed by atoms with Crippen molar-refractivity contribution in [2.75, 3.05) is 6.54 Å². The summed E-state index contributed by atoms with van der Waals surface area (Å²) in [6.07, 6.45) is 6.70. The molecule has 0 aliphatic rings. The van der Waals surface area contributed by atoms with Crippen molar-refractivity contribution < 1.29 is 4.79 Å². The van der Waals surface area contributed by atoms with Gasteiger partial charge in [-0.3, -0.25) is 4.79 Å². The lowest BCUT2D eigenvalue weighted by Crippen LogP contribution is -2.19. The molecule has 9 heavy (non-hydrogen) atoms. The molecule has 0 saturated heterocycles. The van der Waals surface area contributed by atoms with Crippen molar-refractivity contribution in [1.82, 2.24) is 5.32 Å². The van der Waals surface area contributed by atoms with E-state index < -0.39 is 0 Å². The third kappa shape index (κ3) is 3.60. The highest BCUT2D eigenvalue weighted by Crippen LogP contribution is 1.95. The Bertz CT molecular complexity index is 115. The minimum absolute atomic E-state index is 0.190. The van der Waals surface area contributed by atoms with Crippen molar-refractivity contribution >= 4 is 6.41 Å². The smallest absolute Gasteiger partial charge is 0.207 e. The molecule has 2 heteroatoms. The average Bonchev–Trinajstić information content (AvgIpc) is 1.91. The molecule has 0 aromatic heterocycles. The Balaban J connectivity index is 3.34. The third-order valence-corrected chi connectivity index (χ3v) is 1.18. The minimum Gasteiger partial charge on any atom is -0.357 e. The first kappa shape index (κ1) is 8.03. The van der Waals surface area contributed by atoms with Gasteiger partial charge in [-0.25, -0.2) is 0 Å². The SMILES string of the molecule is C#CC(CC)CNC=O. The number of hydrogen-bond acceptors (Lipinski definition) is 1. The second-order valence-corrected chi connectivity index (χ2v) is 1.80. The van der Waals surface area contributed by atoms with Crippen LogP contribution in [-0.4, -0.2) is 13.0 Å². The van der Waals surface area contributed by atoms with Crippen molar-refractivity contribution in [3.8, 4) is 12.3 Å². The van der Waals surface area contributed by atoms with E-state index >= 15 is 0 Å². The Hall–Kier alpha value is -0.970. The van der Waals surface area contributed by atoms with Gasteiger partial charge in [0.1, 0.15) is 0 Å². The van der Waals surface area contributed by atoms with Crippen LogP contribution in [0.15, 0.2) is 0 Å². The fourth-order valence-corrected chi connectivity index (χ4v) is 0.511. The maximum atomic E-state index is 9.76. The van der Waals surface area contributed by atoms with E-state index in [2.05, 4.69) is 11.2 Å². The number of carbonyl (C=O) groups is 1. The summed E-state index contributed by atoms with van der Waals surface area (Å²) in [5.41, 5.74) is 0. The summed E-state index contributed by atoms with van der Waals surface area (Å²) in [7, 11) is 0. The van der Waals surface area contributed by atoms with Gasteiger partial charge in [-0.15, -0.1) is 12.3 Å². The highest BCUT2D eigenvalue weighted by Gasteiger charge is 1.97. The van der Waals surface area contributed by atoms with E-state index in [0.717, 1.165) is 6.42 Å². The molecular weight excluding hydrogens is 114 g/mol. The van der Waals surface area contributed by atoms with Crippen molar-refractivity contribution in [2.24, 2.45) is 5.92 Å². The summed E-state index contributed by atoms with van der Waals surface area (Å²) < 4.78 is 0. The van der Waals surface area contributed by atoms with E-state index in [0.29, 0.717) is 13.0 Å². The van der Waals surface area contributed by atoms with E-state index in [4.69, 9.17) is 6.42 Å². The summed E-state index contributed by atoms with van der Waals surface area (Å²) in [6, 6.07) is 0. The minimum atomic E-state index is 0.190. The molecule has 0 spiro atoms. The first-order valence-corrected chi connectivity index (χ1v) is 2.98. The first-order chi connectivity index (χ1) is 4.35. The van der Waals surface area contributed by atoms with Crippen LogP contribution in [0, 0.1) is 18.3 Å². The van der Waals surface area contributed by atoms with Crippen LogP contribution in [-0.2, 0) is 4.79 Å². The molecule has 0 aromatic carbocycles. The van der Waals surface area contributed by atoms with Crippen LogP contribution in [0.1, 0.15) is 13.3 Å². The molecule has 0 heterocycles. The molecule has 0 aliphatic heterocycles. The molecule has 0 radical (unpaired) electrons. The van der Waals surface area contributed by atoms with Gasteiger partial charge >= 0.3 is 0 Å². The summed E-state index contributed by atoms with van der Waals surface area (Å²) >= 11 is 0. The molecule has 2 nitrogen and oxygen atoms in total. The zero-order valence-corrected chi connectivity index (χ0v) is 5.55. The van der Waals surface area contributed by atoms with Crippen LogP contribution in [0.2, 0.25) is 0 Å². The van der Waals surface area contributed by atoms with Gasteiger partial charge in [-0.05, 0) is 6.42 Å². The molecular formula is C7H11NO. The summed E-state index contributed by atoms with van der Waals surface area (Å²) in [4.78, 5) is 9.76. The topological polar surface area (TPSA) is 29.1 Å². The van der Waals surface area contributed by atoms with Crippen LogP contribution >= 0.6 is 0 Å². The van der Waals surface area contributed by atoms with Gasteiger partial charge in [0.05, 0.1) is 0 Å². The molecule has 1 amide bonds. The van der Waals surface area contributed by atoms with E-state index in [1.807, 2.05) is 6.92 Å². The highest BCUT2D eigenvalue weighted by molar-refractivity contribution is 5.45. The second kappa shape index (κ2) is 5.17. The van der Waals surface area contributed by atoms with Gasteiger partial charge in [-0.2, -0.15) is 0 Å². The Morgan fingerprint density at radius 1 is 1.89 bits per heavy atom. The summed E-state index contributed by atoms with van der Waals surface area (Å²) in [6.45, 7) is 2.59. The first-order valence-electron chi connectivity index (χ1n) is 2.98. The maximum absolute atomic E-state index is 9.76. The largest absolute Gasteiger partial charge is 0.357 e. The molecule has 0 saturated carbocycles. The number of terminal acetylenes is 1. The zero-order valence-electron chi connectivity index (χ0n) is 5.55. The molecule has 0 aromatic rings. The van der Waals surface area contributed by atoms with E-state index in [1.54, 1.807) is 0 Å². The van der Waals surface area contributed by atoms with Gasteiger partial charge in [0, 0.05) is 12.5 Å². The van der Waals surface area contributed by atoms with E-state index in [1.165, 1.54) is 0 Å². The lowest BCUT2D eigenvalue weighted by Gasteiger charge is -2.03. The van der Waals surface area contributed by atoms with Crippen LogP contribution < -0.4 is 5.32 Å². The van der Waals surface area contributed by atoms with Crippen LogP contribution in [0.5, 0.6) is 0 Å². The fraction of sp³-hybridized carbons (Fsp3) is 0.571. The molecule has 0 rings (SSSR count). The van der Waals surface area contributed by atoms with Crippen LogP contribution in [0.4, 0.5) is 0 Å². The average molecular weight is 125 g/mol. The molecule has 0 fully saturated rings. The predicted molar refractivity (Wildman–Crippen MR) is 36.7 cm³/mol. The number of nitrogens with one attached hydrogen (secondary N) is 1. The van der Waals surface area contributed by atoms with E-state index in [9.17, 15) is 4.79 Å².